The number of halogens is 1. The molecule has 0 atom stereocenters. The van der Waals surface area contributed by atoms with Crippen molar-refractivity contribution in [3.8, 4) is 22.5 Å². The fourth-order valence-electron chi connectivity index (χ4n) is 2.41. The van der Waals surface area contributed by atoms with Crippen molar-refractivity contribution < 1.29 is 0 Å². The Morgan fingerprint density at radius 3 is 2.29 bits per heavy atom. The lowest BCUT2D eigenvalue weighted by atomic mass is 10.0. The summed E-state index contributed by atoms with van der Waals surface area (Å²) in [7, 11) is 5.55. The first-order valence-electron chi connectivity index (χ1n) is 7.45. The summed E-state index contributed by atoms with van der Waals surface area (Å²) in [5, 5.41) is 4.94. The highest BCUT2D eigenvalue weighted by molar-refractivity contribution is 6.33. The Bertz CT molecular complexity index is 932. The number of aromatic nitrogens is 3. The quantitative estimate of drug-likeness (QED) is 0.734. The number of nitrogens with zero attached hydrogens (tertiary/aromatic N) is 4. The fraction of sp³-hybridized carbons (Fsp3) is 0.167. The third kappa shape index (κ3) is 3.03. The SMILES string of the molecule is CN(C)c1ccc(-c2nn(C)c(=O)nc2-c2ccccc2Cl)cc1. The molecule has 0 saturated heterocycles. The van der Waals surface area contributed by atoms with E-state index in [-0.39, 0.29) is 0 Å². The Balaban J connectivity index is 2.22. The standard InChI is InChI=1S/C18H17ClN4O/c1-22(2)13-10-8-12(9-11-13)16-17(20-18(24)23(3)21-16)14-6-4-5-7-15(14)19/h4-11H,1-3H3. The first kappa shape index (κ1) is 16.2. The van der Waals surface area contributed by atoms with Crippen LogP contribution in [0.1, 0.15) is 0 Å². The number of hydrogen-bond acceptors (Lipinski definition) is 4. The molecular formula is C18H17ClN4O. The lowest BCUT2D eigenvalue weighted by Gasteiger charge is -2.14. The molecule has 2 aromatic carbocycles. The van der Waals surface area contributed by atoms with Crippen LogP contribution in [0.25, 0.3) is 22.5 Å². The number of hydrogen-bond donors (Lipinski definition) is 0. The monoisotopic (exact) mass is 340 g/mol. The van der Waals surface area contributed by atoms with Crippen molar-refractivity contribution in [1.82, 2.24) is 14.8 Å². The molecule has 122 valence electrons. The molecule has 1 aromatic heterocycles. The molecule has 3 aromatic rings. The normalized spacial score (nSPS) is 10.7. The summed E-state index contributed by atoms with van der Waals surface area (Å²) in [4.78, 5) is 18.2. The maximum atomic E-state index is 12.0. The summed E-state index contributed by atoms with van der Waals surface area (Å²) >= 11 is 6.29. The largest absolute Gasteiger partial charge is 0.378 e. The zero-order valence-corrected chi connectivity index (χ0v) is 14.4. The van der Waals surface area contributed by atoms with Crippen LogP contribution < -0.4 is 10.6 Å². The Morgan fingerprint density at radius 2 is 1.67 bits per heavy atom. The van der Waals surface area contributed by atoms with Gasteiger partial charge >= 0.3 is 5.69 Å². The van der Waals surface area contributed by atoms with Gasteiger partial charge in [0.15, 0.2) is 0 Å². The van der Waals surface area contributed by atoms with Gasteiger partial charge in [0, 0.05) is 38.0 Å². The third-order valence-electron chi connectivity index (χ3n) is 3.74. The van der Waals surface area contributed by atoms with Gasteiger partial charge in [-0.05, 0) is 18.2 Å². The molecule has 0 aliphatic rings. The highest BCUT2D eigenvalue weighted by Crippen LogP contribution is 2.32. The van der Waals surface area contributed by atoms with E-state index in [1.807, 2.05) is 61.5 Å². The van der Waals surface area contributed by atoms with E-state index in [9.17, 15) is 4.79 Å². The summed E-state index contributed by atoms with van der Waals surface area (Å²) < 4.78 is 1.23. The zero-order valence-electron chi connectivity index (χ0n) is 13.7. The molecule has 0 radical (unpaired) electrons. The van der Waals surface area contributed by atoms with E-state index in [4.69, 9.17) is 11.6 Å². The molecule has 3 rings (SSSR count). The lowest BCUT2D eigenvalue weighted by molar-refractivity contribution is 0.681. The Hall–Kier alpha value is -2.66. The van der Waals surface area contributed by atoms with Crippen molar-refractivity contribution in [2.75, 3.05) is 19.0 Å². The zero-order chi connectivity index (χ0) is 17.3. The van der Waals surface area contributed by atoms with E-state index < -0.39 is 5.69 Å². The number of benzene rings is 2. The maximum Gasteiger partial charge on any atom is 0.364 e. The van der Waals surface area contributed by atoms with Gasteiger partial charge in [0.1, 0.15) is 11.4 Å². The summed E-state index contributed by atoms with van der Waals surface area (Å²) in [6.45, 7) is 0. The van der Waals surface area contributed by atoms with Crippen LogP contribution in [0.5, 0.6) is 0 Å². The molecule has 1 heterocycles. The Morgan fingerprint density at radius 1 is 1.00 bits per heavy atom. The van der Waals surface area contributed by atoms with Crippen molar-refractivity contribution in [3.63, 3.8) is 0 Å². The van der Waals surface area contributed by atoms with E-state index in [1.165, 1.54) is 4.68 Å². The van der Waals surface area contributed by atoms with E-state index in [1.54, 1.807) is 13.1 Å². The van der Waals surface area contributed by atoms with Crippen molar-refractivity contribution in [1.29, 1.82) is 0 Å². The van der Waals surface area contributed by atoms with Gasteiger partial charge in [-0.2, -0.15) is 10.1 Å². The van der Waals surface area contributed by atoms with Crippen LogP contribution in [0.3, 0.4) is 0 Å². The van der Waals surface area contributed by atoms with Crippen molar-refractivity contribution in [3.05, 3.63) is 64.0 Å². The molecular weight excluding hydrogens is 324 g/mol. The van der Waals surface area contributed by atoms with Crippen LogP contribution in [-0.4, -0.2) is 28.9 Å². The van der Waals surface area contributed by atoms with Gasteiger partial charge in [0.25, 0.3) is 0 Å². The highest BCUT2D eigenvalue weighted by atomic mass is 35.5. The summed E-state index contributed by atoms with van der Waals surface area (Å²) in [5.74, 6) is 0. The summed E-state index contributed by atoms with van der Waals surface area (Å²) in [6.07, 6.45) is 0. The van der Waals surface area contributed by atoms with Gasteiger partial charge in [0.05, 0.1) is 5.02 Å². The smallest absolute Gasteiger partial charge is 0.364 e. The predicted octanol–water partition coefficient (Wildman–Crippen LogP) is 3.23. The minimum absolute atomic E-state index is 0.418. The van der Waals surface area contributed by atoms with Gasteiger partial charge < -0.3 is 4.90 Å². The van der Waals surface area contributed by atoms with E-state index >= 15 is 0 Å². The highest BCUT2D eigenvalue weighted by Gasteiger charge is 2.16. The first-order chi connectivity index (χ1) is 11.5. The molecule has 0 saturated carbocycles. The average molecular weight is 341 g/mol. The number of rotatable bonds is 3. The second-order valence-electron chi connectivity index (χ2n) is 5.64. The fourth-order valence-corrected chi connectivity index (χ4v) is 2.64. The molecule has 0 bridgehead atoms. The third-order valence-corrected chi connectivity index (χ3v) is 4.07. The van der Waals surface area contributed by atoms with Gasteiger partial charge in [-0.15, -0.1) is 0 Å². The van der Waals surface area contributed by atoms with Crippen LogP contribution in [0.2, 0.25) is 5.02 Å². The van der Waals surface area contributed by atoms with E-state index in [0.717, 1.165) is 11.3 Å². The van der Waals surface area contributed by atoms with Gasteiger partial charge in [0.2, 0.25) is 0 Å². The minimum atomic E-state index is -0.418. The van der Waals surface area contributed by atoms with Crippen LogP contribution >= 0.6 is 11.6 Å². The first-order valence-corrected chi connectivity index (χ1v) is 7.83. The molecule has 0 aliphatic carbocycles. The summed E-state index contributed by atoms with van der Waals surface area (Å²) in [6, 6.07) is 15.2. The lowest BCUT2D eigenvalue weighted by Crippen LogP contribution is -2.24. The van der Waals surface area contributed by atoms with Gasteiger partial charge in [-0.1, -0.05) is 41.9 Å². The molecule has 0 amide bonds. The topological polar surface area (TPSA) is 51.0 Å². The van der Waals surface area contributed by atoms with Crippen LogP contribution in [0, 0.1) is 0 Å². The average Bonchev–Trinajstić information content (AvgIpc) is 2.57. The second kappa shape index (κ2) is 6.45. The van der Waals surface area contributed by atoms with Crippen molar-refractivity contribution >= 4 is 17.3 Å². The van der Waals surface area contributed by atoms with Crippen molar-refractivity contribution in [2.45, 2.75) is 0 Å². The van der Waals surface area contributed by atoms with Gasteiger partial charge in [-0.25, -0.2) is 9.48 Å². The van der Waals surface area contributed by atoms with Crippen LogP contribution in [0.15, 0.2) is 53.3 Å². The molecule has 5 nitrogen and oxygen atoms in total. The Labute approximate surface area is 145 Å². The second-order valence-corrected chi connectivity index (χ2v) is 6.04. The number of aryl methyl sites for hydroxylation is 1. The molecule has 0 fully saturated rings. The number of anilines is 1. The molecule has 24 heavy (non-hydrogen) atoms. The molecule has 6 heteroatoms. The van der Waals surface area contributed by atoms with Crippen molar-refractivity contribution in [2.24, 2.45) is 7.05 Å². The van der Waals surface area contributed by atoms with Gasteiger partial charge in [-0.3, -0.25) is 0 Å². The maximum absolute atomic E-state index is 12.0. The molecule has 0 N–H and O–H groups in total. The van der Waals surface area contributed by atoms with Crippen LogP contribution in [-0.2, 0) is 7.05 Å². The van der Waals surface area contributed by atoms with Crippen LogP contribution in [0.4, 0.5) is 5.69 Å². The predicted molar refractivity (Wildman–Crippen MR) is 97.5 cm³/mol. The van der Waals surface area contributed by atoms with E-state index in [0.29, 0.717) is 22.0 Å². The molecule has 0 aliphatic heterocycles. The Kier molecular flexibility index (Phi) is 4.36. The molecule has 0 unspecified atom stereocenters. The summed E-state index contributed by atoms with van der Waals surface area (Å²) in [5.41, 5.74) is 3.33. The molecule has 0 spiro atoms. The van der Waals surface area contributed by atoms with E-state index in [2.05, 4.69) is 10.1 Å². The minimum Gasteiger partial charge on any atom is -0.378 e.